The van der Waals surface area contributed by atoms with Crippen molar-refractivity contribution in [3.63, 3.8) is 0 Å². The second-order valence-corrected chi connectivity index (χ2v) is 4.07. The number of rotatable bonds is 2. The Kier molecular flexibility index (Phi) is 3.88. The van der Waals surface area contributed by atoms with Gasteiger partial charge in [0.15, 0.2) is 12.4 Å². The molecule has 0 radical (unpaired) electrons. The van der Waals surface area contributed by atoms with Crippen molar-refractivity contribution in [2.45, 2.75) is 6.92 Å². The molecule has 0 saturated carbocycles. The number of ether oxygens (including phenoxy) is 2. The Balaban J connectivity index is 2.24. The highest BCUT2D eigenvalue weighted by Gasteiger charge is 2.26. The smallest absolute Gasteiger partial charge is 0.397 e. The zero-order valence-electron chi connectivity index (χ0n) is 11.1. The van der Waals surface area contributed by atoms with Crippen molar-refractivity contribution >= 4 is 29.2 Å². The van der Waals surface area contributed by atoms with E-state index in [0.29, 0.717) is 17.1 Å². The Morgan fingerprint density at radius 1 is 1.45 bits per heavy atom. The monoisotopic (exact) mass is 278 g/mol. The summed E-state index contributed by atoms with van der Waals surface area (Å²) >= 11 is 0. The topological polar surface area (TPSA) is 84.9 Å². The lowest BCUT2D eigenvalue weighted by Crippen LogP contribution is -2.36. The molecule has 0 aromatic heterocycles. The van der Waals surface area contributed by atoms with E-state index in [4.69, 9.17) is 4.74 Å². The number of hydrogen-bond acceptors (Lipinski definition) is 5. The summed E-state index contributed by atoms with van der Waals surface area (Å²) in [7, 11) is 1.61. The number of carbonyl (C=O) groups is 3. The molecule has 7 nitrogen and oxygen atoms in total. The molecule has 2 rings (SSSR count). The number of esters is 1. The normalized spacial score (nSPS) is 13.3. The predicted octanol–water partition coefficient (Wildman–Crippen LogP) is 0.543. The van der Waals surface area contributed by atoms with Crippen molar-refractivity contribution in [2.75, 3.05) is 30.5 Å². The summed E-state index contributed by atoms with van der Waals surface area (Å²) in [5, 5.41) is 2.41. The van der Waals surface area contributed by atoms with Crippen molar-refractivity contribution in [1.82, 2.24) is 0 Å². The second-order valence-electron chi connectivity index (χ2n) is 4.07. The minimum atomic E-state index is -0.967. The highest BCUT2D eigenvalue weighted by molar-refractivity contribution is 6.37. The van der Waals surface area contributed by atoms with Gasteiger partial charge in [0.25, 0.3) is 5.91 Å². The van der Waals surface area contributed by atoms with E-state index >= 15 is 0 Å². The zero-order chi connectivity index (χ0) is 14.7. The molecule has 1 heterocycles. The van der Waals surface area contributed by atoms with Gasteiger partial charge in [0, 0.05) is 7.05 Å². The van der Waals surface area contributed by atoms with Crippen LogP contribution in [0.3, 0.4) is 0 Å². The van der Waals surface area contributed by atoms with Gasteiger partial charge in [-0.1, -0.05) is 6.07 Å². The van der Waals surface area contributed by atoms with Gasteiger partial charge in [0.05, 0.1) is 18.0 Å². The Bertz CT molecular complexity index is 570. The quantitative estimate of drug-likeness (QED) is 0.630. The number of hydrogen-bond donors (Lipinski definition) is 1. The van der Waals surface area contributed by atoms with E-state index in [1.165, 1.54) is 4.90 Å². The molecule has 7 heteroatoms. The fourth-order valence-electron chi connectivity index (χ4n) is 1.77. The Labute approximate surface area is 115 Å². The van der Waals surface area contributed by atoms with Gasteiger partial charge in [-0.2, -0.15) is 0 Å². The maximum atomic E-state index is 11.6. The van der Waals surface area contributed by atoms with Crippen LogP contribution in [0.2, 0.25) is 0 Å². The van der Waals surface area contributed by atoms with Gasteiger partial charge >= 0.3 is 11.9 Å². The fraction of sp³-hybridized carbons (Fsp3) is 0.308. The first kappa shape index (κ1) is 13.9. The van der Waals surface area contributed by atoms with E-state index in [-0.39, 0.29) is 19.1 Å². The van der Waals surface area contributed by atoms with Gasteiger partial charge in [-0.15, -0.1) is 0 Å². The van der Waals surface area contributed by atoms with Crippen molar-refractivity contribution in [3.8, 4) is 5.75 Å². The standard InChI is InChI=1S/C13H14N2O5/c1-3-19-13(18)12(17)14-8-5-4-6-9-11(8)20-7-10(16)15(9)2/h4-6H,3,7H2,1-2H3,(H,14,17). The number of nitrogens with zero attached hydrogens (tertiary/aromatic N) is 1. The molecule has 106 valence electrons. The number of likely N-dealkylation sites (N-methyl/N-ethyl adjacent to an activating group) is 1. The van der Waals surface area contributed by atoms with Gasteiger partial charge in [-0.25, -0.2) is 4.79 Å². The van der Waals surface area contributed by atoms with E-state index in [0.717, 1.165) is 0 Å². The molecule has 0 unspecified atom stereocenters. The van der Waals surface area contributed by atoms with Crippen LogP contribution in [0.5, 0.6) is 5.75 Å². The third-order valence-corrected chi connectivity index (χ3v) is 2.78. The molecule has 1 aromatic rings. The Hall–Kier alpha value is -2.57. The molecule has 2 amide bonds. The maximum Gasteiger partial charge on any atom is 0.397 e. The van der Waals surface area contributed by atoms with Gasteiger partial charge in [0.1, 0.15) is 0 Å². The summed E-state index contributed by atoms with van der Waals surface area (Å²) in [6.07, 6.45) is 0. The SMILES string of the molecule is CCOC(=O)C(=O)Nc1cccc2c1OCC(=O)N2C. The van der Waals surface area contributed by atoms with Gasteiger partial charge in [0.2, 0.25) is 0 Å². The second kappa shape index (κ2) is 5.60. The molecule has 1 N–H and O–H groups in total. The van der Waals surface area contributed by atoms with Crippen LogP contribution in [-0.2, 0) is 19.1 Å². The number of amides is 2. The lowest BCUT2D eigenvalue weighted by atomic mass is 10.2. The summed E-state index contributed by atoms with van der Waals surface area (Å²) in [5.41, 5.74) is 0.850. The van der Waals surface area contributed by atoms with Crippen LogP contribution in [-0.4, -0.2) is 38.0 Å². The molecule has 1 aliphatic heterocycles. The van der Waals surface area contributed by atoms with E-state index in [2.05, 4.69) is 10.1 Å². The Morgan fingerprint density at radius 3 is 2.90 bits per heavy atom. The van der Waals surface area contributed by atoms with Crippen molar-refractivity contribution < 1.29 is 23.9 Å². The van der Waals surface area contributed by atoms with Crippen LogP contribution in [0.1, 0.15) is 6.92 Å². The highest BCUT2D eigenvalue weighted by atomic mass is 16.5. The molecular weight excluding hydrogens is 264 g/mol. The van der Waals surface area contributed by atoms with Crippen LogP contribution in [0.25, 0.3) is 0 Å². The molecule has 1 aliphatic rings. The summed E-state index contributed by atoms with van der Waals surface area (Å²) in [5.74, 6) is -1.69. The third-order valence-electron chi connectivity index (χ3n) is 2.78. The van der Waals surface area contributed by atoms with E-state index < -0.39 is 11.9 Å². The number of nitrogens with one attached hydrogen (secondary N) is 1. The molecule has 0 saturated heterocycles. The molecule has 0 aliphatic carbocycles. The first-order chi connectivity index (χ1) is 9.54. The number of carbonyl (C=O) groups excluding carboxylic acids is 3. The number of fused-ring (bicyclic) bond motifs is 1. The van der Waals surface area contributed by atoms with E-state index in [1.54, 1.807) is 32.2 Å². The van der Waals surface area contributed by atoms with Crippen LogP contribution in [0.4, 0.5) is 11.4 Å². The minimum Gasteiger partial charge on any atom is -0.479 e. The lowest BCUT2D eigenvalue weighted by Gasteiger charge is -2.27. The summed E-state index contributed by atoms with van der Waals surface area (Å²) in [6.45, 7) is 1.61. The molecule has 1 aromatic carbocycles. The van der Waals surface area contributed by atoms with Crippen molar-refractivity contribution in [1.29, 1.82) is 0 Å². The van der Waals surface area contributed by atoms with E-state index in [1.807, 2.05) is 0 Å². The number of anilines is 2. The van der Waals surface area contributed by atoms with Crippen molar-refractivity contribution in [3.05, 3.63) is 18.2 Å². The summed E-state index contributed by atoms with van der Waals surface area (Å²) in [6, 6.07) is 4.92. The van der Waals surface area contributed by atoms with Crippen LogP contribution in [0, 0.1) is 0 Å². The molecule has 0 spiro atoms. The highest BCUT2D eigenvalue weighted by Crippen LogP contribution is 2.37. The number of benzene rings is 1. The Morgan fingerprint density at radius 2 is 2.20 bits per heavy atom. The number of para-hydroxylation sites is 1. The van der Waals surface area contributed by atoms with Gasteiger partial charge in [-0.3, -0.25) is 9.59 Å². The first-order valence-corrected chi connectivity index (χ1v) is 6.05. The van der Waals surface area contributed by atoms with Gasteiger partial charge < -0.3 is 19.7 Å². The average molecular weight is 278 g/mol. The lowest BCUT2D eigenvalue weighted by molar-refractivity contribution is -0.152. The van der Waals surface area contributed by atoms with E-state index in [9.17, 15) is 14.4 Å². The zero-order valence-corrected chi connectivity index (χ0v) is 11.1. The average Bonchev–Trinajstić information content (AvgIpc) is 2.43. The van der Waals surface area contributed by atoms with Crippen LogP contribution >= 0.6 is 0 Å². The van der Waals surface area contributed by atoms with Gasteiger partial charge in [-0.05, 0) is 19.1 Å². The fourth-order valence-corrected chi connectivity index (χ4v) is 1.77. The van der Waals surface area contributed by atoms with Crippen LogP contribution < -0.4 is 15.0 Å². The summed E-state index contributed by atoms with van der Waals surface area (Å²) in [4.78, 5) is 35.9. The predicted molar refractivity (Wildman–Crippen MR) is 70.6 cm³/mol. The van der Waals surface area contributed by atoms with Crippen molar-refractivity contribution in [2.24, 2.45) is 0 Å². The molecule has 20 heavy (non-hydrogen) atoms. The minimum absolute atomic E-state index is 0.115. The molecule has 0 fully saturated rings. The maximum absolute atomic E-state index is 11.6. The largest absolute Gasteiger partial charge is 0.479 e. The first-order valence-electron chi connectivity index (χ1n) is 6.05. The van der Waals surface area contributed by atoms with Crippen LogP contribution in [0.15, 0.2) is 18.2 Å². The molecule has 0 bridgehead atoms. The third kappa shape index (κ3) is 2.56. The molecular formula is C13H14N2O5. The summed E-state index contributed by atoms with van der Waals surface area (Å²) < 4.78 is 9.92. The molecule has 0 atom stereocenters.